The SMILES string of the molecule is CC(C)(C)C(NC(=O)c1ccc2c(c1)CCCN2S(C)(=O)=O)c1cccs1. The van der Waals surface area contributed by atoms with Crippen LogP contribution in [0.2, 0.25) is 0 Å². The summed E-state index contributed by atoms with van der Waals surface area (Å²) >= 11 is 1.63. The second-order valence-corrected chi connectivity index (χ2v) is 11.0. The van der Waals surface area contributed by atoms with Crippen LogP contribution < -0.4 is 9.62 Å². The minimum atomic E-state index is -3.31. The van der Waals surface area contributed by atoms with E-state index in [2.05, 4.69) is 26.1 Å². The summed E-state index contributed by atoms with van der Waals surface area (Å²) in [7, 11) is -3.31. The second-order valence-electron chi connectivity index (χ2n) is 8.07. The Morgan fingerprint density at radius 2 is 2.00 bits per heavy atom. The Balaban J connectivity index is 1.88. The van der Waals surface area contributed by atoms with Crippen LogP contribution in [0.1, 0.15) is 54.0 Å². The zero-order valence-electron chi connectivity index (χ0n) is 16.2. The molecule has 2 aromatic rings. The van der Waals surface area contributed by atoms with E-state index in [1.54, 1.807) is 23.5 Å². The Morgan fingerprint density at radius 1 is 1.26 bits per heavy atom. The van der Waals surface area contributed by atoms with Crippen LogP contribution in [0.25, 0.3) is 0 Å². The highest BCUT2D eigenvalue weighted by Gasteiger charge is 2.30. The average Bonchev–Trinajstić information content (AvgIpc) is 3.10. The molecule has 0 saturated heterocycles. The Morgan fingerprint density at radius 3 is 2.59 bits per heavy atom. The molecule has 5 nitrogen and oxygen atoms in total. The highest BCUT2D eigenvalue weighted by Crippen LogP contribution is 2.36. The number of nitrogens with one attached hydrogen (secondary N) is 1. The van der Waals surface area contributed by atoms with E-state index in [0.717, 1.165) is 23.3 Å². The first kappa shape index (κ1) is 19.9. The minimum absolute atomic E-state index is 0.0893. The van der Waals surface area contributed by atoms with Crippen molar-refractivity contribution in [2.75, 3.05) is 17.1 Å². The third kappa shape index (κ3) is 4.35. The number of benzene rings is 1. The summed E-state index contributed by atoms with van der Waals surface area (Å²) in [5.41, 5.74) is 2.03. The van der Waals surface area contributed by atoms with Gasteiger partial charge in [-0.2, -0.15) is 0 Å². The van der Waals surface area contributed by atoms with Gasteiger partial charge in [0.15, 0.2) is 0 Å². The van der Waals surface area contributed by atoms with Gasteiger partial charge < -0.3 is 5.32 Å². The average molecular weight is 407 g/mol. The van der Waals surface area contributed by atoms with Crippen LogP contribution in [0.3, 0.4) is 0 Å². The molecule has 2 heterocycles. The van der Waals surface area contributed by atoms with Gasteiger partial charge in [-0.25, -0.2) is 8.42 Å². The topological polar surface area (TPSA) is 66.5 Å². The lowest BCUT2D eigenvalue weighted by Crippen LogP contribution is -2.37. The molecule has 7 heteroatoms. The lowest BCUT2D eigenvalue weighted by Gasteiger charge is -2.31. The van der Waals surface area contributed by atoms with Crippen molar-refractivity contribution in [3.8, 4) is 0 Å². The number of rotatable bonds is 4. The molecule has 1 N–H and O–H groups in total. The van der Waals surface area contributed by atoms with Gasteiger partial charge in [-0.15, -0.1) is 11.3 Å². The van der Waals surface area contributed by atoms with Crippen LogP contribution in [0.5, 0.6) is 0 Å². The fraction of sp³-hybridized carbons (Fsp3) is 0.450. The van der Waals surface area contributed by atoms with E-state index in [4.69, 9.17) is 0 Å². The lowest BCUT2D eigenvalue weighted by molar-refractivity contribution is 0.0903. The molecule has 0 fully saturated rings. The van der Waals surface area contributed by atoms with Crippen LogP contribution in [-0.4, -0.2) is 27.1 Å². The summed E-state index contributed by atoms with van der Waals surface area (Å²) in [5.74, 6) is -0.136. The largest absolute Gasteiger partial charge is 0.344 e. The molecular formula is C20H26N2O3S2. The number of anilines is 1. The van der Waals surface area contributed by atoms with Crippen molar-refractivity contribution >= 4 is 33.0 Å². The maximum absolute atomic E-state index is 12.9. The second kappa shape index (κ2) is 7.28. The highest BCUT2D eigenvalue weighted by atomic mass is 32.2. The zero-order valence-corrected chi connectivity index (χ0v) is 17.8. The van der Waals surface area contributed by atoms with Crippen molar-refractivity contribution in [2.45, 2.75) is 39.7 Å². The van der Waals surface area contributed by atoms with Gasteiger partial charge >= 0.3 is 0 Å². The van der Waals surface area contributed by atoms with E-state index in [1.165, 1.54) is 10.6 Å². The van der Waals surface area contributed by atoms with Crippen molar-refractivity contribution < 1.29 is 13.2 Å². The molecular weight excluding hydrogens is 380 g/mol. The molecule has 0 saturated carbocycles. The fourth-order valence-corrected chi connectivity index (χ4v) is 5.45. The molecule has 1 unspecified atom stereocenters. The molecule has 1 aromatic carbocycles. The van der Waals surface area contributed by atoms with E-state index in [9.17, 15) is 13.2 Å². The monoisotopic (exact) mass is 406 g/mol. The number of fused-ring (bicyclic) bond motifs is 1. The van der Waals surface area contributed by atoms with Gasteiger partial charge in [0.25, 0.3) is 5.91 Å². The molecule has 0 bridgehead atoms. The Bertz CT molecular complexity index is 929. The van der Waals surface area contributed by atoms with Crippen molar-refractivity contribution in [1.29, 1.82) is 0 Å². The molecule has 1 amide bonds. The van der Waals surface area contributed by atoms with Crippen LogP contribution in [0.4, 0.5) is 5.69 Å². The quantitative estimate of drug-likeness (QED) is 0.835. The third-order valence-electron chi connectivity index (χ3n) is 4.79. The summed E-state index contributed by atoms with van der Waals surface area (Å²) < 4.78 is 25.4. The Kier molecular flexibility index (Phi) is 5.36. The van der Waals surface area contributed by atoms with E-state index in [-0.39, 0.29) is 17.4 Å². The van der Waals surface area contributed by atoms with Gasteiger partial charge in [-0.3, -0.25) is 9.10 Å². The molecule has 1 aliphatic rings. The number of amides is 1. The molecule has 27 heavy (non-hydrogen) atoms. The molecule has 0 spiro atoms. The fourth-order valence-electron chi connectivity index (χ4n) is 3.43. The molecule has 1 aliphatic heterocycles. The van der Waals surface area contributed by atoms with E-state index >= 15 is 0 Å². The maximum Gasteiger partial charge on any atom is 0.251 e. The molecule has 146 valence electrons. The van der Waals surface area contributed by atoms with Gasteiger partial charge in [-0.05, 0) is 53.5 Å². The lowest BCUT2D eigenvalue weighted by atomic mass is 9.85. The Hall–Kier alpha value is -1.86. The molecule has 1 aromatic heterocycles. The number of nitrogens with zero attached hydrogens (tertiary/aromatic N) is 1. The molecule has 0 aliphatic carbocycles. The molecule has 0 radical (unpaired) electrons. The minimum Gasteiger partial charge on any atom is -0.344 e. The van der Waals surface area contributed by atoms with Crippen LogP contribution >= 0.6 is 11.3 Å². The van der Waals surface area contributed by atoms with Crippen LogP contribution in [0, 0.1) is 5.41 Å². The van der Waals surface area contributed by atoms with Crippen LogP contribution in [-0.2, 0) is 16.4 Å². The third-order valence-corrected chi connectivity index (χ3v) is 6.90. The normalized spacial score (nSPS) is 15.9. The van der Waals surface area contributed by atoms with Gasteiger partial charge in [0.05, 0.1) is 18.0 Å². The van der Waals surface area contributed by atoms with Crippen molar-refractivity contribution in [2.24, 2.45) is 5.41 Å². The predicted molar refractivity (Wildman–Crippen MR) is 111 cm³/mol. The first-order valence-corrected chi connectivity index (χ1v) is 11.7. The summed E-state index contributed by atoms with van der Waals surface area (Å²) in [6.07, 6.45) is 2.75. The highest BCUT2D eigenvalue weighted by molar-refractivity contribution is 7.92. The van der Waals surface area contributed by atoms with Gasteiger partial charge in [0.2, 0.25) is 10.0 Å². The van der Waals surface area contributed by atoms with Gasteiger partial charge in [-0.1, -0.05) is 26.8 Å². The summed E-state index contributed by atoms with van der Waals surface area (Å²) in [6.45, 7) is 6.80. The van der Waals surface area contributed by atoms with Crippen LogP contribution in [0.15, 0.2) is 35.7 Å². The number of carbonyl (C=O) groups is 1. The number of hydrogen-bond donors (Lipinski definition) is 1. The number of thiophene rings is 1. The zero-order chi connectivity index (χ0) is 19.8. The van der Waals surface area contributed by atoms with Gasteiger partial charge in [0.1, 0.15) is 0 Å². The first-order valence-electron chi connectivity index (χ1n) is 9.02. The number of aryl methyl sites for hydroxylation is 1. The van der Waals surface area contributed by atoms with E-state index in [1.807, 2.05) is 23.6 Å². The first-order chi connectivity index (χ1) is 12.6. The maximum atomic E-state index is 12.9. The van der Waals surface area contributed by atoms with Gasteiger partial charge in [0, 0.05) is 17.0 Å². The summed E-state index contributed by atoms with van der Waals surface area (Å²) in [4.78, 5) is 14.0. The number of hydrogen-bond acceptors (Lipinski definition) is 4. The predicted octanol–water partition coefficient (Wildman–Crippen LogP) is 3.98. The van der Waals surface area contributed by atoms with Crippen molar-refractivity contribution in [1.82, 2.24) is 5.32 Å². The smallest absolute Gasteiger partial charge is 0.251 e. The van der Waals surface area contributed by atoms with Crippen molar-refractivity contribution in [3.63, 3.8) is 0 Å². The summed E-state index contributed by atoms with van der Waals surface area (Å²) in [5, 5.41) is 5.18. The molecule has 1 atom stereocenters. The van der Waals surface area contributed by atoms with E-state index in [0.29, 0.717) is 17.8 Å². The van der Waals surface area contributed by atoms with E-state index < -0.39 is 10.0 Å². The Labute approximate surface area is 165 Å². The number of sulfonamides is 1. The standard InChI is InChI=1S/C20H26N2O3S2/c1-20(2,3)18(17-8-6-12-26-17)21-19(23)15-9-10-16-14(13-15)7-5-11-22(16)27(4,24)25/h6,8-10,12-13,18H,5,7,11H2,1-4H3,(H,21,23). The molecule has 3 rings (SSSR count). The summed E-state index contributed by atoms with van der Waals surface area (Å²) in [6, 6.07) is 9.24. The number of carbonyl (C=O) groups excluding carboxylic acids is 1. The van der Waals surface area contributed by atoms with Crippen molar-refractivity contribution in [3.05, 3.63) is 51.7 Å².